The largest absolute Gasteiger partial charge is 0.386 e. The zero-order valence-electron chi connectivity index (χ0n) is 14.9. The molecule has 1 unspecified atom stereocenters. The van der Waals surface area contributed by atoms with Crippen molar-refractivity contribution in [1.82, 2.24) is 5.32 Å². The van der Waals surface area contributed by atoms with Crippen LogP contribution in [0.5, 0.6) is 0 Å². The van der Waals surface area contributed by atoms with Gasteiger partial charge in [-0.05, 0) is 42.7 Å². The molecule has 2 aliphatic rings. The molecule has 1 heterocycles. The van der Waals surface area contributed by atoms with Crippen molar-refractivity contribution in [1.29, 1.82) is 0 Å². The van der Waals surface area contributed by atoms with E-state index in [1.807, 2.05) is 0 Å². The first-order chi connectivity index (χ1) is 11.4. The van der Waals surface area contributed by atoms with Crippen molar-refractivity contribution in [2.24, 2.45) is 0 Å². The van der Waals surface area contributed by atoms with Crippen molar-refractivity contribution in [3.8, 4) is 0 Å². The Morgan fingerprint density at radius 2 is 1.79 bits per heavy atom. The number of benzene rings is 1. The SMILES string of the molecule is CC(C)c1ccc(C2(O)CCC(NCC3(O)CCOC3)CC2)cc1. The molecule has 1 aromatic carbocycles. The zero-order valence-corrected chi connectivity index (χ0v) is 14.9. The maximum Gasteiger partial charge on any atom is 0.102 e. The third-order valence-corrected chi connectivity index (χ3v) is 5.73. The molecule has 1 saturated carbocycles. The summed E-state index contributed by atoms with van der Waals surface area (Å²) in [7, 11) is 0. The van der Waals surface area contributed by atoms with Crippen molar-refractivity contribution in [2.45, 2.75) is 69.1 Å². The van der Waals surface area contributed by atoms with Gasteiger partial charge in [-0.1, -0.05) is 38.1 Å². The normalized spacial score (nSPS) is 34.0. The van der Waals surface area contributed by atoms with E-state index in [1.165, 1.54) is 5.56 Å². The van der Waals surface area contributed by atoms with Gasteiger partial charge >= 0.3 is 0 Å². The molecule has 1 saturated heterocycles. The number of ether oxygens (including phenoxy) is 1. The molecular weight excluding hydrogens is 302 g/mol. The fourth-order valence-electron chi connectivity index (χ4n) is 3.84. The maximum absolute atomic E-state index is 11.0. The summed E-state index contributed by atoms with van der Waals surface area (Å²) in [6.07, 6.45) is 4.10. The third kappa shape index (κ3) is 3.99. The number of nitrogens with one attached hydrogen (secondary N) is 1. The molecular formula is C20H31NO3. The average Bonchev–Trinajstić information content (AvgIpc) is 3.01. The highest BCUT2D eigenvalue weighted by atomic mass is 16.5. The molecule has 1 aromatic rings. The quantitative estimate of drug-likeness (QED) is 0.775. The van der Waals surface area contributed by atoms with Crippen LogP contribution in [0.15, 0.2) is 24.3 Å². The van der Waals surface area contributed by atoms with Crippen LogP contribution in [0, 0.1) is 0 Å². The monoisotopic (exact) mass is 333 g/mol. The lowest BCUT2D eigenvalue weighted by atomic mass is 9.77. The van der Waals surface area contributed by atoms with E-state index in [1.54, 1.807) is 0 Å². The van der Waals surface area contributed by atoms with Crippen LogP contribution < -0.4 is 5.32 Å². The highest BCUT2D eigenvalue weighted by molar-refractivity contribution is 5.29. The second-order valence-corrected chi connectivity index (χ2v) is 7.99. The van der Waals surface area contributed by atoms with E-state index in [-0.39, 0.29) is 0 Å². The second-order valence-electron chi connectivity index (χ2n) is 7.99. The molecule has 3 rings (SSSR count). The van der Waals surface area contributed by atoms with Crippen LogP contribution >= 0.6 is 0 Å². The van der Waals surface area contributed by atoms with Gasteiger partial charge < -0.3 is 20.3 Å². The number of hydrogen-bond acceptors (Lipinski definition) is 4. The molecule has 24 heavy (non-hydrogen) atoms. The third-order valence-electron chi connectivity index (χ3n) is 5.73. The van der Waals surface area contributed by atoms with Crippen molar-refractivity contribution < 1.29 is 14.9 Å². The summed E-state index contributed by atoms with van der Waals surface area (Å²) in [5.74, 6) is 0.513. The first-order valence-corrected chi connectivity index (χ1v) is 9.27. The van der Waals surface area contributed by atoms with E-state index in [0.717, 1.165) is 31.2 Å². The standard InChI is InChI=1S/C20H31NO3/c1-15(2)16-3-5-17(6-4-16)20(23)9-7-18(8-10-20)21-13-19(22)11-12-24-14-19/h3-6,15,18,21-23H,7-14H2,1-2H3. The van der Waals surface area contributed by atoms with Gasteiger partial charge in [-0.15, -0.1) is 0 Å². The molecule has 1 aliphatic carbocycles. The summed E-state index contributed by atoms with van der Waals surface area (Å²) < 4.78 is 5.29. The Morgan fingerprint density at radius 1 is 1.12 bits per heavy atom. The summed E-state index contributed by atoms with van der Waals surface area (Å²) in [6, 6.07) is 8.81. The van der Waals surface area contributed by atoms with Crippen molar-refractivity contribution in [2.75, 3.05) is 19.8 Å². The first-order valence-electron chi connectivity index (χ1n) is 9.27. The topological polar surface area (TPSA) is 61.7 Å². The van der Waals surface area contributed by atoms with E-state index < -0.39 is 11.2 Å². The van der Waals surface area contributed by atoms with Gasteiger partial charge in [0.2, 0.25) is 0 Å². The highest BCUT2D eigenvalue weighted by Crippen LogP contribution is 2.37. The average molecular weight is 333 g/mol. The highest BCUT2D eigenvalue weighted by Gasteiger charge is 2.37. The van der Waals surface area contributed by atoms with Gasteiger partial charge in [0.05, 0.1) is 12.2 Å². The Kier molecular flexibility index (Phi) is 5.30. The minimum absolute atomic E-state index is 0.366. The van der Waals surface area contributed by atoms with E-state index in [9.17, 15) is 10.2 Å². The Balaban J connectivity index is 1.53. The molecule has 0 spiro atoms. The molecule has 0 radical (unpaired) electrons. The zero-order chi connectivity index (χ0) is 17.2. The smallest absolute Gasteiger partial charge is 0.102 e. The lowest BCUT2D eigenvalue weighted by Crippen LogP contribution is -2.47. The van der Waals surface area contributed by atoms with Crippen molar-refractivity contribution in [3.63, 3.8) is 0 Å². The maximum atomic E-state index is 11.0. The van der Waals surface area contributed by atoms with E-state index in [2.05, 4.69) is 43.4 Å². The molecule has 1 atom stereocenters. The molecule has 2 fully saturated rings. The van der Waals surface area contributed by atoms with Gasteiger partial charge in [-0.25, -0.2) is 0 Å². The Hall–Kier alpha value is -0.940. The minimum atomic E-state index is -0.708. The van der Waals surface area contributed by atoms with Gasteiger partial charge in [-0.3, -0.25) is 0 Å². The second kappa shape index (κ2) is 7.12. The van der Waals surface area contributed by atoms with Crippen molar-refractivity contribution >= 4 is 0 Å². The van der Waals surface area contributed by atoms with Crippen molar-refractivity contribution in [3.05, 3.63) is 35.4 Å². The van der Waals surface area contributed by atoms with E-state index >= 15 is 0 Å². The van der Waals surface area contributed by atoms with Gasteiger partial charge in [0.15, 0.2) is 0 Å². The summed E-state index contributed by atoms with van der Waals surface area (Å²) in [5, 5.41) is 24.8. The summed E-state index contributed by atoms with van der Waals surface area (Å²) in [6.45, 7) is 6.03. The van der Waals surface area contributed by atoms with Crippen LogP contribution in [0.2, 0.25) is 0 Å². The summed E-state index contributed by atoms with van der Waals surface area (Å²) in [5.41, 5.74) is 0.930. The van der Waals surface area contributed by atoms with E-state index in [4.69, 9.17) is 4.74 Å². The van der Waals surface area contributed by atoms with Crippen LogP contribution in [0.3, 0.4) is 0 Å². The summed E-state index contributed by atoms with van der Waals surface area (Å²) >= 11 is 0. The lowest BCUT2D eigenvalue weighted by molar-refractivity contribution is -0.0142. The van der Waals surface area contributed by atoms with Crippen LogP contribution in [0.1, 0.15) is 63.0 Å². The molecule has 0 bridgehead atoms. The van der Waals surface area contributed by atoms with Gasteiger partial charge in [0.1, 0.15) is 5.60 Å². The minimum Gasteiger partial charge on any atom is -0.386 e. The Bertz CT molecular complexity index is 526. The first kappa shape index (κ1) is 17.9. The summed E-state index contributed by atoms with van der Waals surface area (Å²) in [4.78, 5) is 0. The number of rotatable bonds is 5. The number of hydrogen-bond donors (Lipinski definition) is 3. The molecule has 1 aliphatic heterocycles. The number of aliphatic hydroxyl groups is 2. The van der Waals surface area contributed by atoms with Gasteiger partial charge in [0, 0.05) is 25.6 Å². The van der Waals surface area contributed by atoms with Gasteiger partial charge in [0.25, 0.3) is 0 Å². The molecule has 0 amide bonds. The molecule has 3 N–H and O–H groups in total. The lowest BCUT2D eigenvalue weighted by Gasteiger charge is -2.37. The van der Waals surface area contributed by atoms with Crippen LogP contribution in [0.25, 0.3) is 0 Å². The Morgan fingerprint density at radius 3 is 2.33 bits per heavy atom. The van der Waals surface area contributed by atoms with Crippen LogP contribution in [0.4, 0.5) is 0 Å². The predicted molar refractivity (Wildman–Crippen MR) is 95.1 cm³/mol. The Labute approximate surface area is 145 Å². The van der Waals surface area contributed by atoms with E-state index in [0.29, 0.717) is 38.1 Å². The van der Waals surface area contributed by atoms with Crippen LogP contribution in [-0.4, -0.2) is 41.6 Å². The van der Waals surface area contributed by atoms with Crippen LogP contribution in [-0.2, 0) is 10.3 Å². The molecule has 0 aromatic heterocycles. The predicted octanol–water partition coefficient (Wildman–Crippen LogP) is 2.68. The van der Waals surface area contributed by atoms with Gasteiger partial charge in [-0.2, -0.15) is 0 Å². The molecule has 4 heteroatoms. The molecule has 134 valence electrons. The fraction of sp³-hybridized carbons (Fsp3) is 0.700. The molecule has 4 nitrogen and oxygen atoms in total. The fourth-order valence-corrected chi connectivity index (χ4v) is 3.84.